The normalized spacial score (nSPS) is 19.3. The van der Waals surface area contributed by atoms with Crippen molar-refractivity contribution < 1.29 is 0 Å². The number of hydrogen-bond acceptors (Lipinski definition) is 4. The lowest BCUT2D eigenvalue weighted by molar-refractivity contribution is 0.243. The molecule has 0 saturated carbocycles. The monoisotopic (exact) mass is 322 g/mol. The molecule has 2 aromatic rings. The molecule has 1 aromatic heterocycles. The Morgan fingerprint density at radius 1 is 0.917 bits per heavy atom. The Balaban J connectivity index is 1.43. The number of pyridine rings is 1. The Labute approximate surface area is 144 Å². The molecule has 3 heterocycles. The van der Waals surface area contributed by atoms with Crippen LogP contribution in [0, 0.1) is 0 Å². The third-order valence-electron chi connectivity index (χ3n) is 5.19. The number of anilines is 1. The Bertz CT molecular complexity index is 677. The van der Waals surface area contributed by atoms with E-state index in [9.17, 15) is 0 Å². The van der Waals surface area contributed by atoms with Crippen LogP contribution >= 0.6 is 0 Å². The molecule has 1 fully saturated rings. The number of likely N-dealkylation sites (N-methyl/N-ethyl adjacent to an activating group) is 1. The lowest BCUT2D eigenvalue weighted by Gasteiger charge is -2.34. The lowest BCUT2D eigenvalue weighted by Crippen LogP contribution is -2.45. The van der Waals surface area contributed by atoms with Gasteiger partial charge in [-0.05, 0) is 24.2 Å². The summed E-state index contributed by atoms with van der Waals surface area (Å²) in [5.74, 6) is 1.17. The molecule has 126 valence electrons. The molecule has 0 amide bonds. The molecule has 2 aliphatic heterocycles. The highest BCUT2D eigenvalue weighted by Crippen LogP contribution is 2.23. The standard InChI is InChI=1S/C20H26N4/c1-22-11-13-24(14-12-22)20-8-7-18-16-23(10-9-19(18)21-20)15-17-5-3-2-4-6-17/h2-8H,9-16H2,1H3. The van der Waals surface area contributed by atoms with Gasteiger partial charge in [0.1, 0.15) is 5.82 Å². The Morgan fingerprint density at radius 3 is 2.50 bits per heavy atom. The molecule has 0 aliphatic carbocycles. The highest BCUT2D eigenvalue weighted by Gasteiger charge is 2.20. The second-order valence-corrected chi connectivity index (χ2v) is 7.01. The molecule has 4 nitrogen and oxygen atoms in total. The quantitative estimate of drug-likeness (QED) is 0.865. The summed E-state index contributed by atoms with van der Waals surface area (Å²) in [6.07, 6.45) is 1.06. The summed E-state index contributed by atoms with van der Waals surface area (Å²) in [5, 5.41) is 0. The summed E-state index contributed by atoms with van der Waals surface area (Å²) in [6, 6.07) is 15.3. The van der Waals surface area contributed by atoms with Crippen LogP contribution in [0.5, 0.6) is 0 Å². The van der Waals surface area contributed by atoms with E-state index in [0.29, 0.717) is 0 Å². The molecular weight excluding hydrogens is 296 g/mol. The van der Waals surface area contributed by atoms with Gasteiger partial charge in [0.15, 0.2) is 0 Å². The summed E-state index contributed by atoms with van der Waals surface area (Å²) in [5.41, 5.74) is 4.09. The van der Waals surface area contributed by atoms with Crippen molar-refractivity contribution in [1.82, 2.24) is 14.8 Å². The van der Waals surface area contributed by atoms with Crippen LogP contribution in [0.1, 0.15) is 16.8 Å². The second-order valence-electron chi connectivity index (χ2n) is 7.01. The molecule has 0 radical (unpaired) electrons. The lowest BCUT2D eigenvalue weighted by atomic mass is 10.0. The minimum Gasteiger partial charge on any atom is -0.354 e. The fraction of sp³-hybridized carbons (Fsp3) is 0.450. The topological polar surface area (TPSA) is 22.6 Å². The molecule has 2 aliphatic rings. The van der Waals surface area contributed by atoms with Crippen LogP contribution < -0.4 is 4.90 Å². The molecule has 0 unspecified atom stereocenters. The van der Waals surface area contributed by atoms with Gasteiger partial charge in [-0.3, -0.25) is 4.90 Å². The van der Waals surface area contributed by atoms with Gasteiger partial charge in [-0.2, -0.15) is 0 Å². The fourth-order valence-electron chi connectivity index (χ4n) is 3.65. The van der Waals surface area contributed by atoms with Crippen molar-refractivity contribution in [3.8, 4) is 0 Å². The SMILES string of the molecule is CN1CCN(c2ccc3c(n2)CCN(Cc2ccccc2)C3)CC1. The Morgan fingerprint density at radius 2 is 1.71 bits per heavy atom. The van der Waals surface area contributed by atoms with Crippen LogP contribution in [0.25, 0.3) is 0 Å². The van der Waals surface area contributed by atoms with Crippen molar-refractivity contribution in [2.24, 2.45) is 0 Å². The number of aromatic nitrogens is 1. The van der Waals surface area contributed by atoms with E-state index in [1.165, 1.54) is 22.6 Å². The second kappa shape index (κ2) is 6.91. The van der Waals surface area contributed by atoms with Crippen molar-refractivity contribution in [1.29, 1.82) is 0 Å². The maximum atomic E-state index is 4.98. The first-order valence-electron chi connectivity index (χ1n) is 8.96. The number of fused-ring (bicyclic) bond motifs is 1. The minimum absolute atomic E-state index is 1.01. The zero-order valence-electron chi connectivity index (χ0n) is 14.5. The number of hydrogen-bond donors (Lipinski definition) is 0. The van der Waals surface area contributed by atoms with Gasteiger partial charge in [0, 0.05) is 57.9 Å². The van der Waals surface area contributed by atoms with Gasteiger partial charge >= 0.3 is 0 Å². The summed E-state index contributed by atoms with van der Waals surface area (Å²) >= 11 is 0. The Hall–Kier alpha value is -1.91. The zero-order valence-corrected chi connectivity index (χ0v) is 14.5. The predicted octanol–water partition coefficient (Wildman–Crippen LogP) is 2.39. The van der Waals surface area contributed by atoms with Gasteiger partial charge in [-0.25, -0.2) is 4.98 Å². The van der Waals surface area contributed by atoms with Crippen LogP contribution in [0.2, 0.25) is 0 Å². The zero-order chi connectivity index (χ0) is 16.4. The molecule has 1 saturated heterocycles. The number of benzene rings is 1. The Kier molecular flexibility index (Phi) is 4.50. The van der Waals surface area contributed by atoms with Crippen LogP contribution in [0.3, 0.4) is 0 Å². The first-order valence-corrected chi connectivity index (χ1v) is 8.96. The van der Waals surface area contributed by atoms with E-state index < -0.39 is 0 Å². The van der Waals surface area contributed by atoms with Gasteiger partial charge in [0.25, 0.3) is 0 Å². The number of nitrogens with zero attached hydrogens (tertiary/aromatic N) is 4. The maximum absolute atomic E-state index is 4.98. The first kappa shape index (κ1) is 15.6. The average Bonchev–Trinajstić information content (AvgIpc) is 2.63. The van der Waals surface area contributed by atoms with E-state index in [1.54, 1.807) is 0 Å². The van der Waals surface area contributed by atoms with Crippen LogP contribution in [0.15, 0.2) is 42.5 Å². The summed E-state index contributed by atoms with van der Waals surface area (Å²) in [4.78, 5) is 12.3. The summed E-state index contributed by atoms with van der Waals surface area (Å²) in [6.45, 7) is 7.57. The predicted molar refractivity (Wildman–Crippen MR) is 98.2 cm³/mol. The molecule has 24 heavy (non-hydrogen) atoms. The van der Waals surface area contributed by atoms with E-state index in [0.717, 1.165) is 52.2 Å². The number of rotatable bonds is 3. The molecule has 0 spiro atoms. The smallest absolute Gasteiger partial charge is 0.128 e. The third kappa shape index (κ3) is 3.45. The van der Waals surface area contributed by atoms with Crippen LogP contribution in [-0.2, 0) is 19.5 Å². The molecule has 0 bridgehead atoms. The largest absolute Gasteiger partial charge is 0.354 e. The molecule has 1 aromatic carbocycles. The molecular formula is C20H26N4. The van der Waals surface area contributed by atoms with Gasteiger partial charge in [0.2, 0.25) is 0 Å². The average molecular weight is 322 g/mol. The van der Waals surface area contributed by atoms with Crippen molar-refractivity contribution in [3.05, 3.63) is 59.3 Å². The highest BCUT2D eigenvalue weighted by molar-refractivity contribution is 5.43. The minimum atomic E-state index is 1.01. The van der Waals surface area contributed by atoms with Gasteiger partial charge in [-0.1, -0.05) is 36.4 Å². The van der Waals surface area contributed by atoms with Crippen molar-refractivity contribution in [2.45, 2.75) is 19.5 Å². The summed E-state index contributed by atoms with van der Waals surface area (Å²) in [7, 11) is 2.19. The molecule has 4 rings (SSSR count). The molecule has 0 N–H and O–H groups in total. The van der Waals surface area contributed by atoms with E-state index in [1.807, 2.05) is 0 Å². The summed E-state index contributed by atoms with van der Waals surface area (Å²) < 4.78 is 0. The number of piperazine rings is 1. The van der Waals surface area contributed by atoms with Crippen LogP contribution in [0.4, 0.5) is 5.82 Å². The van der Waals surface area contributed by atoms with Crippen molar-refractivity contribution in [2.75, 3.05) is 44.7 Å². The van der Waals surface area contributed by atoms with Crippen molar-refractivity contribution >= 4 is 5.82 Å². The maximum Gasteiger partial charge on any atom is 0.128 e. The third-order valence-corrected chi connectivity index (χ3v) is 5.19. The van der Waals surface area contributed by atoms with Crippen LogP contribution in [-0.4, -0.2) is 54.6 Å². The fourth-order valence-corrected chi connectivity index (χ4v) is 3.65. The molecule has 4 heteroatoms. The molecule has 0 atom stereocenters. The van der Waals surface area contributed by atoms with Gasteiger partial charge in [-0.15, -0.1) is 0 Å². The van der Waals surface area contributed by atoms with Crippen molar-refractivity contribution in [3.63, 3.8) is 0 Å². The first-order chi connectivity index (χ1) is 11.8. The van der Waals surface area contributed by atoms with Gasteiger partial charge in [0.05, 0.1) is 0 Å². The van der Waals surface area contributed by atoms with E-state index in [-0.39, 0.29) is 0 Å². The van der Waals surface area contributed by atoms with E-state index in [2.05, 4.69) is 64.2 Å². The van der Waals surface area contributed by atoms with Gasteiger partial charge < -0.3 is 9.80 Å². The van der Waals surface area contributed by atoms with E-state index >= 15 is 0 Å². The highest BCUT2D eigenvalue weighted by atomic mass is 15.3. The van der Waals surface area contributed by atoms with E-state index in [4.69, 9.17) is 4.98 Å².